The molecule has 32 heavy (non-hydrogen) atoms. The Labute approximate surface area is 183 Å². The van der Waals surface area contributed by atoms with E-state index in [4.69, 9.17) is 0 Å². The van der Waals surface area contributed by atoms with Crippen LogP contribution in [0.5, 0.6) is 0 Å². The summed E-state index contributed by atoms with van der Waals surface area (Å²) >= 11 is 0. The van der Waals surface area contributed by atoms with Gasteiger partial charge in [0.05, 0.1) is 15.9 Å². The molecular formula is C22H18FN5O3S. The van der Waals surface area contributed by atoms with Gasteiger partial charge in [-0.3, -0.25) is 9.52 Å². The molecule has 0 radical (unpaired) electrons. The van der Waals surface area contributed by atoms with Crippen molar-refractivity contribution in [3.63, 3.8) is 0 Å². The number of carbonyl (C=O) groups is 1. The number of carbonyl (C=O) groups excluding carboxylic acids is 1. The van der Waals surface area contributed by atoms with E-state index >= 15 is 0 Å². The van der Waals surface area contributed by atoms with Crippen molar-refractivity contribution in [3.8, 4) is 0 Å². The lowest BCUT2D eigenvalue weighted by atomic mass is 10.3. The molecule has 0 aliphatic rings. The lowest BCUT2D eigenvalue weighted by molar-refractivity contribution is -0.114. The quantitative estimate of drug-likeness (QED) is 0.403. The first kappa shape index (κ1) is 21.2. The lowest BCUT2D eigenvalue weighted by Crippen LogP contribution is -2.16. The zero-order valence-electron chi connectivity index (χ0n) is 16.8. The molecule has 0 atom stereocenters. The molecule has 1 aromatic heterocycles. The number of hydrogen-bond donors (Lipinski definition) is 3. The summed E-state index contributed by atoms with van der Waals surface area (Å²) in [6.45, 7) is 1.36. The van der Waals surface area contributed by atoms with Crippen LogP contribution in [-0.4, -0.2) is 24.3 Å². The molecular weight excluding hydrogens is 433 g/mol. The number of para-hydroxylation sites is 2. The third kappa shape index (κ3) is 4.81. The third-order valence-electron chi connectivity index (χ3n) is 4.37. The van der Waals surface area contributed by atoms with Crippen LogP contribution in [0.3, 0.4) is 0 Å². The number of rotatable bonds is 6. The molecule has 0 saturated heterocycles. The Morgan fingerprint density at radius 2 is 1.50 bits per heavy atom. The van der Waals surface area contributed by atoms with Gasteiger partial charge in [-0.1, -0.05) is 18.2 Å². The maximum atomic E-state index is 13.6. The van der Waals surface area contributed by atoms with Crippen molar-refractivity contribution in [3.05, 3.63) is 78.6 Å². The van der Waals surface area contributed by atoms with Gasteiger partial charge < -0.3 is 10.6 Å². The summed E-state index contributed by atoms with van der Waals surface area (Å²) in [5, 5.41) is 5.50. The van der Waals surface area contributed by atoms with Crippen molar-refractivity contribution in [1.82, 2.24) is 9.97 Å². The number of sulfonamides is 1. The largest absolute Gasteiger partial charge is 0.337 e. The van der Waals surface area contributed by atoms with E-state index in [-0.39, 0.29) is 22.4 Å². The van der Waals surface area contributed by atoms with Gasteiger partial charge >= 0.3 is 0 Å². The Bertz CT molecular complexity index is 1410. The van der Waals surface area contributed by atoms with E-state index in [1.165, 1.54) is 49.4 Å². The highest BCUT2D eigenvalue weighted by Gasteiger charge is 2.19. The SMILES string of the molecule is CC(=O)Nc1ccc(S(=O)(=O)Nc2nc3ccccc3nc2Nc2cccc(F)c2)cc1. The molecule has 0 saturated carbocycles. The van der Waals surface area contributed by atoms with Crippen LogP contribution in [0.15, 0.2) is 77.7 Å². The molecule has 1 heterocycles. The second kappa shape index (κ2) is 8.60. The Morgan fingerprint density at radius 3 is 2.12 bits per heavy atom. The second-order valence-electron chi connectivity index (χ2n) is 6.86. The summed E-state index contributed by atoms with van der Waals surface area (Å²) in [5.74, 6) is -0.644. The van der Waals surface area contributed by atoms with Gasteiger partial charge in [-0.05, 0) is 54.6 Å². The van der Waals surface area contributed by atoms with Crippen LogP contribution in [0.4, 0.5) is 27.4 Å². The molecule has 4 aromatic rings. The third-order valence-corrected chi connectivity index (χ3v) is 5.73. The fourth-order valence-corrected chi connectivity index (χ4v) is 3.98. The Kier molecular flexibility index (Phi) is 5.69. The normalized spacial score (nSPS) is 11.2. The second-order valence-corrected chi connectivity index (χ2v) is 8.54. The summed E-state index contributed by atoms with van der Waals surface area (Å²) in [4.78, 5) is 20.0. The molecule has 162 valence electrons. The van der Waals surface area contributed by atoms with Crippen molar-refractivity contribution in [2.45, 2.75) is 11.8 Å². The number of benzene rings is 3. The van der Waals surface area contributed by atoms with Crippen LogP contribution in [0.1, 0.15) is 6.92 Å². The van der Waals surface area contributed by atoms with E-state index < -0.39 is 15.8 Å². The fourth-order valence-electron chi connectivity index (χ4n) is 2.97. The molecule has 0 fully saturated rings. The van der Waals surface area contributed by atoms with E-state index in [1.807, 2.05) is 0 Å². The molecule has 0 aliphatic carbocycles. The Morgan fingerprint density at radius 1 is 0.844 bits per heavy atom. The first-order valence-electron chi connectivity index (χ1n) is 9.50. The number of nitrogens with zero attached hydrogens (tertiary/aromatic N) is 2. The maximum absolute atomic E-state index is 13.6. The predicted molar refractivity (Wildman–Crippen MR) is 121 cm³/mol. The topological polar surface area (TPSA) is 113 Å². The highest BCUT2D eigenvalue weighted by atomic mass is 32.2. The van der Waals surface area contributed by atoms with E-state index in [0.29, 0.717) is 22.4 Å². The predicted octanol–water partition coefficient (Wildman–Crippen LogP) is 4.27. The van der Waals surface area contributed by atoms with Gasteiger partial charge in [0.2, 0.25) is 5.91 Å². The van der Waals surface area contributed by atoms with Crippen LogP contribution in [-0.2, 0) is 14.8 Å². The fraction of sp³-hybridized carbons (Fsp3) is 0.0455. The van der Waals surface area contributed by atoms with E-state index in [2.05, 4.69) is 25.3 Å². The summed E-state index contributed by atoms with van der Waals surface area (Å²) < 4.78 is 42.0. The molecule has 0 bridgehead atoms. The highest BCUT2D eigenvalue weighted by Crippen LogP contribution is 2.27. The van der Waals surface area contributed by atoms with Gasteiger partial charge in [-0.15, -0.1) is 0 Å². The summed E-state index contributed by atoms with van der Waals surface area (Å²) in [6, 6.07) is 18.4. The number of fused-ring (bicyclic) bond motifs is 1. The first-order chi connectivity index (χ1) is 15.3. The van der Waals surface area contributed by atoms with Gasteiger partial charge in [0.25, 0.3) is 10.0 Å². The maximum Gasteiger partial charge on any atom is 0.263 e. The van der Waals surface area contributed by atoms with Crippen molar-refractivity contribution < 1.29 is 17.6 Å². The highest BCUT2D eigenvalue weighted by molar-refractivity contribution is 7.92. The number of hydrogen-bond acceptors (Lipinski definition) is 6. The smallest absolute Gasteiger partial charge is 0.263 e. The molecule has 1 amide bonds. The first-order valence-corrected chi connectivity index (χ1v) is 11.0. The molecule has 0 aliphatic heterocycles. The van der Waals surface area contributed by atoms with Gasteiger partial charge in [-0.25, -0.2) is 22.8 Å². The molecule has 0 spiro atoms. The monoisotopic (exact) mass is 451 g/mol. The molecule has 4 rings (SSSR count). The van der Waals surface area contributed by atoms with E-state index in [1.54, 1.807) is 30.3 Å². The number of halogens is 1. The van der Waals surface area contributed by atoms with Crippen LogP contribution < -0.4 is 15.4 Å². The molecule has 10 heteroatoms. The minimum atomic E-state index is -4.03. The zero-order chi connectivity index (χ0) is 22.7. The Hall–Kier alpha value is -4.05. The van der Waals surface area contributed by atoms with Gasteiger partial charge in [0.15, 0.2) is 11.6 Å². The summed E-state index contributed by atoms with van der Waals surface area (Å²) in [6.07, 6.45) is 0. The van der Waals surface area contributed by atoms with Crippen LogP contribution in [0.2, 0.25) is 0 Å². The number of amides is 1. The number of nitrogens with one attached hydrogen (secondary N) is 3. The molecule has 0 unspecified atom stereocenters. The van der Waals surface area contributed by atoms with Crippen LogP contribution >= 0.6 is 0 Å². The summed E-state index contributed by atoms with van der Waals surface area (Å²) in [7, 11) is -4.03. The van der Waals surface area contributed by atoms with Crippen molar-refractivity contribution >= 4 is 50.0 Å². The molecule has 3 N–H and O–H groups in total. The molecule has 3 aromatic carbocycles. The van der Waals surface area contributed by atoms with E-state index in [9.17, 15) is 17.6 Å². The molecule has 8 nitrogen and oxygen atoms in total. The Balaban J connectivity index is 1.71. The summed E-state index contributed by atoms with van der Waals surface area (Å²) in [5.41, 5.74) is 1.87. The number of aromatic nitrogens is 2. The van der Waals surface area contributed by atoms with Crippen LogP contribution in [0.25, 0.3) is 11.0 Å². The van der Waals surface area contributed by atoms with Crippen LogP contribution in [0, 0.1) is 5.82 Å². The average molecular weight is 451 g/mol. The number of anilines is 4. The van der Waals surface area contributed by atoms with E-state index in [0.717, 1.165) is 0 Å². The van der Waals surface area contributed by atoms with Gasteiger partial charge in [0, 0.05) is 18.3 Å². The minimum Gasteiger partial charge on any atom is -0.337 e. The average Bonchev–Trinajstić information content (AvgIpc) is 2.74. The minimum absolute atomic E-state index is 0.0294. The standard InChI is InChI=1S/C22H18FN5O3S/c1-14(29)24-16-9-11-18(12-10-16)32(30,31)28-22-21(25-17-6-4-5-15(23)13-17)26-19-7-2-3-8-20(19)27-22/h2-13H,1H3,(H,24,29)(H,25,26)(H,27,28). The van der Waals surface area contributed by atoms with Crippen molar-refractivity contribution in [2.75, 3.05) is 15.4 Å². The zero-order valence-corrected chi connectivity index (χ0v) is 17.7. The lowest BCUT2D eigenvalue weighted by Gasteiger charge is -2.14. The van der Waals surface area contributed by atoms with Crippen molar-refractivity contribution in [2.24, 2.45) is 0 Å². The van der Waals surface area contributed by atoms with Crippen molar-refractivity contribution in [1.29, 1.82) is 0 Å². The van der Waals surface area contributed by atoms with Gasteiger partial charge in [-0.2, -0.15) is 0 Å². The van der Waals surface area contributed by atoms with Gasteiger partial charge in [0.1, 0.15) is 5.82 Å².